The fourth-order valence-corrected chi connectivity index (χ4v) is 3.85. The Morgan fingerprint density at radius 3 is 2.67 bits per heavy atom. The first-order valence-electron chi connectivity index (χ1n) is 8.56. The summed E-state index contributed by atoms with van der Waals surface area (Å²) in [6.45, 7) is 1.78. The minimum absolute atomic E-state index is 0.0680. The van der Waals surface area contributed by atoms with E-state index in [-0.39, 0.29) is 17.9 Å². The highest BCUT2D eigenvalue weighted by atomic mass is 16.5. The van der Waals surface area contributed by atoms with E-state index in [4.69, 9.17) is 4.74 Å². The van der Waals surface area contributed by atoms with Gasteiger partial charge in [0.15, 0.2) is 0 Å². The van der Waals surface area contributed by atoms with Crippen molar-refractivity contribution in [1.82, 2.24) is 16.2 Å². The predicted molar refractivity (Wildman–Crippen MR) is 89.7 cm³/mol. The number of amides is 1. The number of hydrogen-bond acceptors (Lipinski definition) is 5. The molecule has 1 aliphatic heterocycles. The van der Waals surface area contributed by atoms with Crippen molar-refractivity contribution in [1.29, 1.82) is 0 Å². The maximum atomic E-state index is 12.8. The number of hydrogen-bond donors (Lipinski definition) is 3. The minimum atomic E-state index is -0.463. The van der Waals surface area contributed by atoms with E-state index in [9.17, 15) is 9.59 Å². The summed E-state index contributed by atoms with van der Waals surface area (Å²) in [4.78, 5) is 24.8. The summed E-state index contributed by atoms with van der Waals surface area (Å²) >= 11 is 0. The van der Waals surface area contributed by atoms with E-state index in [0.717, 1.165) is 24.8 Å². The summed E-state index contributed by atoms with van der Waals surface area (Å²) in [5.41, 5.74) is 7.24. The van der Waals surface area contributed by atoms with Gasteiger partial charge in [-0.05, 0) is 25.3 Å². The highest BCUT2D eigenvalue weighted by Crippen LogP contribution is 2.32. The lowest BCUT2D eigenvalue weighted by Gasteiger charge is -2.26. The molecule has 1 aliphatic carbocycles. The molecule has 0 spiro atoms. The first-order chi connectivity index (χ1) is 11.6. The molecule has 1 heterocycles. The summed E-state index contributed by atoms with van der Waals surface area (Å²) in [6, 6.07) is 9.26. The van der Waals surface area contributed by atoms with Crippen molar-refractivity contribution < 1.29 is 14.3 Å². The molecule has 5 atom stereocenters. The first kappa shape index (κ1) is 16.9. The average molecular weight is 331 g/mol. The zero-order chi connectivity index (χ0) is 17.1. The minimum Gasteiger partial charge on any atom is -0.469 e. The summed E-state index contributed by atoms with van der Waals surface area (Å²) < 4.78 is 4.87. The molecular weight excluding hydrogens is 306 g/mol. The van der Waals surface area contributed by atoms with Crippen LogP contribution in [0.4, 0.5) is 0 Å². The van der Waals surface area contributed by atoms with Crippen LogP contribution in [0.5, 0.6) is 0 Å². The van der Waals surface area contributed by atoms with Crippen LogP contribution in [-0.2, 0) is 14.3 Å². The van der Waals surface area contributed by atoms with Gasteiger partial charge in [-0.1, -0.05) is 36.8 Å². The Kier molecular flexibility index (Phi) is 5.16. The largest absolute Gasteiger partial charge is 0.469 e. The highest BCUT2D eigenvalue weighted by molar-refractivity contribution is 5.84. The first-order valence-corrected chi connectivity index (χ1v) is 8.56. The molecule has 0 bridgehead atoms. The van der Waals surface area contributed by atoms with Crippen LogP contribution in [0, 0.1) is 11.8 Å². The molecule has 2 fully saturated rings. The van der Waals surface area contributed by atoms with Crippen LogP contribution in [0.25, 0.3) is 0 Å². The van der Waals surface area contributed by atoms with Crippen molar-refractivity contribution in [2.75, 3.05) is 7.11 Å². The van der Waals surface area contributed by atoms with Gasteiger partial charge in [0.2, 0.25) is 5.91 Å². The zero-order valence-corrected chi connectivity index (χ0v) is 14.1. The number of carbonyl (C=O) groups is 2. The van der Waals surface area contributed by atoms with E-state index in [1.54, 1.807) is 6.92 Å². The Morgan fingerprint density at radius 1 is 1.21 bits per heavy atom. The number of benzene rings is 1. The van der Waals surface area contributed by atoms with Gasteiger partial charge in [0.1, 0.15) is 6.04 Å². The molecular formula is C18H25N3O3. The monoisotopic (exact) mass is 331 g/mol. The molecule has 3 rings (SSSR count). The zero-order valence-electron chi connectivity index (χ0n) is 14.1. The van der Waals surface area contributed by atoms with Gasteiger partial charge < -0.3 is 10.1 Å². The van der Waals surface area contributed by atoms with Crippen molar-refractivity contribution >= 4 is 11.9 Å². The smallest absolute Gasteiger partial charge is 0.310 e. The summed E-state index contributed by atoms with van der Waals surface area (Å²) in [5, 5.41) is 3.06. The molecule has 1 saturated heterocycles. The van der Waals surface area contributed by atoms with Crippen LogP contribution in [-0.4, -0.2) is 31.1 Å². The third-order valence-electron chi connectivity index (χ3n) is 5.23. The number of rotatable bonds is 5. The van der Waals surface area contributed by atoms with Crippen LogP contribution in [0.15, 0.2) is 30.3 Å². The second-order valence-electron chi connectivity index (χ2n) is 6.68. The molecule has 5 unspecified atom stereocenters. The van der Waals surface area contributed by atoms with Crippen LogP contribution in [0.2, 0.25) is 0 Å². The summed E-state index contributed by atoms with van der Waals surface area (Å²) in [6.07, 6.45) is 3.29. The van der Waals surface area contributed by atoms with Crippen LogP contribution in [0.3, 0.4) is 0 Å². The summed E-state index contributed by atoms with van der Waals surface area (Å²) in [7, 11) is 1.37. The number of fused-ring (bicyclic) bond motifs is 1. The van der Waals surface area contributed by atoms with Gasteiger partial charge in [0.25, 0.3) is 0 Å². The van der Waals surface area contributed by atoms with Crippen molar-refractivity contribution in [2.45, 2.75) is 44.3 Å². The van der Waals surface area contributed by atoms with E-state index in [1.165, 1.54) is 7.11 Å². The highest BCUT2D eigenvalue weighted by Gasteiger charge is 2.43. The van der Waals surface area contributed by atoms with Crippen molar-refractivity contribution in [2.24, 2.45) is 11.8 Å². The topological polar surface area (TPSA) is 79.5 Å². The van der Waals surface area contributed by atoms with Gasteiger partial charge in [0, 0.05) is 12.0 Å². The maximum absolute atomic E-state index is 12.8. The van der Waals surface area contributed by atoms with Crippen LogP contribution >= 0.6 is 0 Å². The van der Waals surface area contributed by atoms with Gasteiger partial charge in [-0.3, -0.25) is 15.0 Å². The van der Waals surface area contributed by atoms with Gasteiger partial charge >= 0.3 is 5.97 Å². The Bertz CT molecular complexity index is 592. The molecule has 1 saturated carbocycles. The molecule has 6 nitrogen and oxygen atoms in total. The maximum Gasteiger partial charge on any atom is 0.310 e. The Morgan fingerprint density at radius 2 is 1.96 bits per heavy atom. The fraction of sp³-hybridized carbons (Fsp3) is 0.556. The number of nitrogens with one attached hydrogen (secondary N) is 3. The van der Waals surface area contributed by atoms with E-state index in [2.05, 4.69) is 16.2 Å². The van der Waals surface area contributed by atoms with E-state index in [1.807, 2.05) is 30.3 Å². The lowest BCUT2D eigenvalue weighted by Crippen LogP contribution is -2.48. The average Bonchev–Trinajstić information content (AvgIpc) is 3.22. The molecule has 2 aliphatic rings. The molecule has 0 radical (unpaired) electrons. The molecule has 130 valence electrons. The van der Waals surface area contributed by atoms with Crippen LogP contribution in [0.1, 0.15) is 37.8 Å². The van der Waals surface area contributed by atoms with Crippen LogP contribution < -0.4 is 16.2 Å². The fourth-order valence-electron chi connectivity index (χ4n) is 3.85. The molecule has 0 aromatic heterocycles. The number of esters is 1. The third kappa shape index (κ3) is 3.30. The summed E-state index contributed by atoms with van der Waals surface area (Å²) in [5.74, 6) is -0.549. The standard InChI is InChI=1S/C18H25N3O3/c1-11(18(23)24-2)15(12-7-4-3-5-8-12)19-17(22)16-13-9-6-10-14(13)20-21-16/h3-5,7-8,11,13-16,20-21H,6,9-10H2,1-2H3,(H,19,22). The van der Waals surface area contributed by atoms with Gasteiger partial charge in [-0.2, -0.15) is 0 Å². The Hall–Kier alpha value is -1.92. The Labute approximate surface area is 142 Å². The number of carbonyl (C=O) groups excluding carboxylic acids is 2. The lowest BCUT2D eigenvalue weighted by atomic mass is 9.92. The third-order valence-corrected chi connectivity index (χ3v) is 5.23. The predicted octanol–water partition coefficient (Wildman–Crippen LogP) is 1.30. The van der Waals surface area contributed by atoms with Crippen molar-refractivity contribution in [3.63, 3.8) is 0 Å². The molecule has 3 N–H and O–H groups in total. The quantitative estimate of drug-likeness (QED) is 0.709. The van der Waals surface area contributed by atoms with Crippen molar-refractivity contribution in [3.05, 3.63) is 35.9 Å². The van der Waals surface area contributed by atoms with Gasteiger partial charge in [-0.15, -0.1) is 0 Å². The molecule has 24 heavy (non-hydrogen) atoms. The van der Waals surface area contributed by atoms with Gasteiger partial charge in [-0.25, -0.2) is 5.43 Å². The second-order valence-corrected chi connectivity index (χ2v) is 6.68. The molecule has 1 aromatic rings. The second kappa shape index (κ2) is 7.32. The number of ether oxygens (including phenoxy) is 1. The number of methoxy groups -OCH3 is 1. The SMILES string of the molecule is COC(=O)C(C)C(NC(=O)C1NNC2CCCC21)c1ccccc1. The van der Waals surface area contributed by atoms with E-state index < -0.39 is 12.0 Å². The normalized spacial score (nSPS) is 28.0. The van der Waals surface area contributed by atoms with E-state index in [0.29, 0.717) is 12.0 Å². The van der Waals surface area contributed by atoms with Crippen molar-refractivity contribution in [3.8, 4) is 0 Å². The number of hydrazine groups is 1. The molecule has 1 amide bonds. The lowest BCUT2D eigenvalue weighted by molar-refractivity contribution is -0.146. The molecule has 6 heteroatoms. The van der Waals surface area contributed by atoms with Gasteiger partial charge in [0.05, 0.1) is 19.1 Å². The Balaban J connectivity index is 1.76. The van der Waals surface area contributed by atoms with E-state index >= 15 is 0 Å². The molecule has 1 aromatic carbocycles.